The molecular formula is C5H10BrNO. The van der Waals surface area contributed by atoms with E-state index in [0.29, 0.717) is 0 Å². The van der Waals surface area contributed by atoms with Crippen LogP contribution >= 0.6 is 15.9 Å². The second-order valence-corrected chi connectivity index (χ2v) is 2.90. The van der Waals surface area contributed by atoms with Crippen molar-refractivity contribution in [3.05, 3.63) is 0 Å². The molecule has 0 atom stereocenters. The molecule has 1 rings (SSSR count). The highest BCUT2D eigenvalue weighted by molar-refractivity contribution is 9.09. The van der Waals surface area contributed by atoms with Gasteiger partial charge in [0.25, 0.3) is 0 Å². The van der Waals surface area contributed by atoms with E-state index in [1.165, 1.54) is 0 Å². The molecule has 0 bridgehead atoms. The average molecular weight is 180 g/mol. The van der Waals surface area contributed by atoms with E-state index in [4.69, 9.17) is 5.11 Å². The van der Waals surface area contributed by atoms with Crippen molar-refractivity contribution < 1.29 is 5.11 Å². The Bertz CT molecular complexity index is 70.1. The quantitative estimate of drug-likeness (QED) is 0.607. The smallest absolute Gasteiger partial charge is 0.0793 e. The molecular weight excluding hydrogens is 170 g/mol. The van der Waals surface area contributed by atoms with Crippen LogP contribution in [0.15, 0.2) is 0 Å². The molecule has 0 aromatic carbocycles. The molecule has 1 fully saturated rings. The van der Waals surface area contributed by atoms with E-state index in [-0.39, 0.29) is 6.10 Å². The number of hydrogen-bond donors (Lipinski definition) is 1. The second kappa shape index (κ2) is 2.80. The van der Waals surface area contributed by atoms with E-state index in [9.17, 15) is 0 Å². The van der Waals surface area contributed by atoms with E-state index in [1.807, 2.05) is 0 Å². The van der Waals surface area contributed by atoms with Crippen LogP contribution in [0, 0.1) is 0 Å². The summed E-state index contributed by atoms with van der Waals surface area (Å²) in [4.78, 5) is 2.21. The second-order valence-electron chi connectivity index (χ2n) is 2.10. The summed E-state index contributed by atoms with van der Waals surface area (Å²) in [5.41, 5.74) is 0. The lowest BCUT2D eigenvalue weighted by Crippen LogP contribution is -2.51. The van der Waals surface area contributed by atoms with E-state index in [0.717, 1.165) is 25.0 Å². The Morgan fingerprint density at radius 3 is 2.62 bits per heavy atom. The topological polar surface area (TPSA) is 23.5 Å². The Kier molecular flexibility index (Phi) is 2.28. The molecule has 0 aromatic heterocycles. The summed E-state index contributed by atoms with van der Waals surface area (Å²) in [6.07, 6.45) is -0.0472. The summed E-state index contributed by atoms with van der Waals surface area (Å²) in [5.74, 6) is 0. The number of likely N-dealkylation sites (tertiary alicyclic amines) is 1. The molecule has 48 valence electrons. The van der Waals surface area contributed by atoms with Crippen LogP contribution in [0.2, 0.25) is 0 Å². The van der Waals surface area contributed by atoms with Gasteiger partial charge in [-0.1, -0.05) is 15.9 Å². The summed E-state index contributed by atoms with van der Waals surface area (Å²) in [6.45, 7) is 2.80. The molecule has 3 heteroatoms. The predicted octanol–water partition coefficient (Wildman–Crippen LogP) is 0.0578. The van der Waals surface area contributed by atoms with Crippen molar-refractivity contribution in [3.8, 4) is 0 Å². The van der Waals surface area contributed by atoms with Crippen LogP contribution in [0.4, 0.5) is 0 Å². The summed E-state index contributed by atoms with van der Waals surface area (Å²) in [6, 6.07) is 0. The molecule has 0 aromatic rings. The summed E-state index contributed by atoms with van der Waals surface area (Å²) < 4.78 is 0. The molecule has 0 saturated carbocycles. The number of nitrogens with zero attached hydrogens (tertiary/aromatic N) is 1. The van der Waals surface area contributed by atoms with Crippen LogP contribution in [0.3, 0.4) is 0 Å². The van der Waals surface area contributed by atoms with Crippen molar-refractivity contribution in [2.24, 2.45) is 0 Å². The largest absolute Gasteiger partial charge is 0.390 e. The fourth-order valence-electron chi connectivity index (χ4n) is 0.845. The summed E-state index contributed by atoms with van der Waals surface area (Å²) in [7, 11) is 0. The first-order valence-electron chi connectivity index (χ1n) is 2.79. The Morgan fingerprint density at radius 2 is 2.25 bits per heavy atom. The average Bonchev–Trinajstić information content (AvgIpc) is 1.64. The maximum absolute atomic E-state index is 8.79. The highest BCUT2D eigenvalue weighted by Crippen LogP contribution is 2.05. The first kappa shape index (κ1) is 6.52. The number of alkyl halides is 1. The van der Waals surface area contributed by atoms with Crippen LogP contribution in [0.1, 0.15) is 0 Å². The third kappa shape index (κ3) is 1.44. The zero-order valence-electron chi connectivity index (χ0n) is 4.68. The lowest BCUT2D eigenvalue weighted by atomic mass is 10.2. The number of aliphatic hydroxyl groups is 1. The van der Waals surface area contributed by atoms with Gasteiger partial charge in [-0.05, 0) is 0 Å². The first-order valence-corrected chi connectivity index (χ1v) is 3.91. The van der Waals surface area contributed by atoms with Crippen LogP contribution in [0.5, 0.6) is 0 Å². The van der Waals surface area contributed by atoms with Crippen molar-refractivity contribution in [3.63, 3.8) is 0 Å². The zero-order chi connectivity index (χ0) is 5.98. The Morgan fingerprint density at radius 1 is 1.62 bits per heavy atom. The Hall–Kier alpha value is 0.400. The standard InChI is InChI=1S/C5H10BrNO/c6-1-2-7-3-5(8)4-7/h5,8H,1-4H2. The van der Waals surface area contributed by atoms with Gasteiger partial charge in [0.1, 0.15) is 0 Å². The maximum Gasteiger partial charge on any atom is 0.0793 e. The lowest BCUT2D eigenvalue weighted by Gasteiger charge is -2.35. The zero-order valence-corrected chi connectivity index (χ0v) is 6.26. The third-order valence-electron chi connectivity index (χ3n) is 1.34. The number of halogens is 1. The van der Waals surface area contributed by atoms with Crippen molar-refractivity contribution in [1.29, 1.82) is 0 Å². The van der Waals surface area contributed by atoms with Gasteiger partial charge in [0.15, 0.2) is 0 Å². The van der Waals surface area contributed by atoms with Gasteiger partial charge in [0.2, 0.25) is 0 Å². The van der Waals surface area contributed by atoms with Gasteiger partial charge in [-0.25, -0.2) is 0 Å². The minimum Gasteiger partial charge on any atom is -0.390 e. The van der Waals surface area contributed by atoms with Gasteiger partial charge < -0.3 is 5.11 Å². The number of hydrogen-bond acceptors (Lipinski definition) is 2. The molecule has 0 aliphatic carbocycles. The molecule has 1 saturated heterocycles. The maximum atomic E-state index is 8.79. The Balaban J connectivity index is 1.98. The molecule has 2 nitrogen and oxygen atoms in total. The number of aliphatic hydroxyl groups excluding tert-OH is 1. The van der Waals surface area contributed by atoms with Gasteiger partial charge in [-0.3, -0.25) is 4.90 Å². The normalized spacial score (nSPS) is 23.2. The van der Waals surface area contributed by atoms with Crippen LogP contribution in [0.25, 0.3) is 0 Å². The molecule has 1 N–H and O–H groups in total. The molecule has 1 heterocycles. The van der Waals surface area contributed by atoms with Gasteiger partial charge in [0.05, 0.1) is 6.10 Å². The van der Waals surface area contributed by atoms with Crippen molar-refractivity contribution >= 4 is 15.9 Å². The lowest BCUT2D eigenvalue weighted by molar-refractivity contribution is 0.00664. The molecule has 8 heavy (non-hydrogen) atoms. The van der Waals surface area contributed by atoms with Crippen LogP contribution < -0.4 is 0 Å². The minimum absolute atomic E-state index is 0.0472. The molecule has 1 aliphatic rings. The monoisotopic (exact) mass is 179 g/mol. The van der Waals surface area contributed by atoms with E-state index in [1.54, 1.807) is 0 Å². The highest BCUT2D eigenvalue weighted by Gasteiger charge is 2.22. The minimum atomic E-state index is -0.0472. The summed E-state index contributed by atoms with van der Waals surface area (Å²) >= 11 is 3.32. The Labute approximate surface area is 57.6 Å². The molecule has 0 unspecified atom stereocenters. The van der Waals surface area contributed by atoms with E-state index < -0.39 is 0 Å². The van der Waals surface area contributed by atoms with Crippen molar-refractivity contribution in [2.75, 3.05) is 25.0 Å². The molecule has 0 radical (unpaired) electrons. The fourth-order valence-corrected chi connectivity index (χ4v) is 1.35. The molecule has 0 spiro atoms. The van der Waals surface area contributed by atoms with E-state index >= 15 is 0 Å². The fraction of sp³-hybridized carbons (Fsp3) is 1.00. The van der Waals surface area contributed by atoms with Gasteiger partial charge in [0, 0.05) is 25.0 Å². The molecule has 0 amide bonds. The van der Waals surface area contributed by atoms with Gasteiger partial charge in [-0.15, -0.1) is 0 Å². The predicted molar refractivity (Wildman–Crippen MR) is 36.2 cm³/mol. The number of rotatable bonds is 2. The molecule has 1 aliphatic heterocycles. The van der Waals surface area contributed by atoms with Crippen molar-refractivity contribution in [1.82, 2.24) is 4.90 Å². The van der Waals surface area contributed by atoms with Gasteiger partial charge >= 0.3 is 0 Å². The number of β-amino-alcohol motifs (C(OH)–C–C–N with tert-alkyl or cyclic N) is 1. The van der Waals surface area contributed by atoms with Crippen LogP contribution in [-0.2, 0) is 0 Å². The highest BCUT2D eigenvalue weighted by atomic mass is 79.9. The third-order valence-corrected chi connectivity index (χ3v) is 1.69. The first-order chi connectivity index (χ1) is 3.83. The SMILES string of the molecule is OC1CN(CCBr)C1. The van der Waals surface area contributed by atoms with Gasteiger partial charge in [-0.2, -0.15) is 0 Å². The van der Waals surface area contributed by atoms with Crippen LogP contribution in [-0.4, -0.2) is 41.1 Å². The van der Waals surface area contributed by atoms with Crippen molar-refractivity contribution in [2.45, 2.75) is 6.10 Å². The summed E-state index contributed by atoms with van der Waals surface area (Å²) in [5, 5.41) is 9.80. The van der Waals surface area contributed by atoms with E-state index in [2.05, 4.69) is 20.8 Å².